The first-order valence-electron chi connectivity index (χ1n) is 10.2. The molecule has 1 aromatic heterocycles. The Kier molecular flexibility index (Phi) is 8.25. The summed E-state index contributed by atoms with van der Waals surface area (Å²) in [5.41, 5.74) is 10.0. The summed E-state index contributed by atoms with van der Waals surface area (Å²) in [4.78, 5) is 16.7. The Morgan fingerprint density at radius 3 is 2.68 bits per heavy atom. The quantitative estimate of drug-likeness (QED) is 0.592. The number of nitrogens with zero attached hydrogens (tertiary/aromatic N) is 2. The van der Waals surface area contributed by atoms with E-state index >= 15 is 0 Å². The minimum Gasteiger partial charge on any atom is -0.485 e. The van der Waals surface area contributed by atoms with Gasteiger partial charge in [-0.25, -0.2) is 4.98 Å². The number of carbonyl (C=O) groups excluding carboxylic acids is 1. The van der Waals surface area contributed by atoms with E-state index in [9.17, 15) is 4.79 Å². The molecular weight excluding hydrogens is 392 g/mol. The van der Waals surface area contributed by atoms with Crippen molar-refractivity contribution in [2.24, 2.45) is 0 Å². The third kappa shape index (κ3) is 6.72. The SMILES string of the molecule is Cc1ccccc1N1CCOCC1.Nc1ncccc1OCc1cccc(NC=O)c1. The number of aryl methyl sites for hydroxylation is 1. The van der Waals surface area contributed by atoms with E-state index in [2.05, 4.69) is 46.4 Å². The number of amides is 1. The van der Waals surface area contributed by atoms with Crippen molar-refractivity contribution in [3.8, 4) is 5.75 Å². The summed E-state index contributed by atoms with van der Waals surface area (Å²) in [6.07, 6.45) is 2.25. The first kappa shape index (κ1) is 22.1. The molecule has 0 atom stereocenters. The lowest BCUT2D eigenvalue weighted by molar-refractivity contribution is -0.105. The lowest BCUT2D eigenvalue weighted by Crippen LogP contribution is -2.36. The Morgan fingerprint density at radius 1 is 1.13 bits per heavy atom. The molecule has 3 N–H and O–H groups in total. The minimum atomic E-state index is 0.361. The Balaban J connectivity index is 0.000000185. The fourth-order valence-corrected chi connectivity index (χ4v) is 3.23. The maximum absolute atomic E-state index is 10.3. The second-order valence-corrected chi connectivity index (χ2v) is 7.02. The second-order valence-electron chi connectivity index (χ2n) is 7.02. The van der Waals surface area contributed by atoms with E-state index in [-0.39, 0.29) is 0 Å². The first-order chi connectivity index (χ1) is 15.2. The largest absolute Gasteiger partial charge is 0.485 e. The third-order valence-electron chi connectivity index (χ3n) is 4.81. The van der Waals surface area contributed by atoms with Crippen molar-refractivity contribution in [3.05, 3.63) is 78.0 Å². The van der Waals surface area contributed by atoms with Gasteiger partial charge in [0.2, 0.25) is 6.41 Å². The number of aromatic nitrogens is 1. The number of nitrogens with one attached hydrogen (secondary N) is 1. The lowest BCUT2D eigenvalue weighted by Gasteiger charge is -2.30. The minimum absolute atomic E-state index is 0.361. The van der Waals surface area contributed by atoms with Gasteiger partial charge < -0.3 is 25.4 Å². The van der Waals surface area contributed by atoms with Crippen LogP contribution in [0, 0.1) is 6.92 Å². The molecule has 3 aromatic rings. The highest BCUT2D eigenvalue weighted by Gasteiger charge is 2.11. The van der Waals surface area contributed by atoms with Crippen LogP contribution in [0.3, 0.4) is 0 Å². The zero-order valence-electron chi connectivity index (χ0n) is 17.7. The molecule has 0 bridgehead atoms. The average molecular weight is 421 g/mol. The van der Waals surface area contributed by atoms with Gasteiger partial charge in [-0.05, 0) is 48.4 Å². The van der Waals surface area contributed by atoms with Crippen LogP contribution in [-0.2, 0) is 16.1 Å². The van der Waals surface area contributed by atoms with Crippen LogP contribution in [0.4, 0.5) is 17.2 Å². The van der Waals surface area contributed by atoms with Crippen LogP contribution in [0.15, 0.2) is 66.9 Å². The molecule has 1 saturated heterocycles. The van der Waals surface area contributed by atoms with Gasteiger partial charge in [-0.15, -0.1) is 0 Å². The molecular formula is C24H28N4O3. The van der Waals surface area contributed by atoms with Crippen LogP contribution < -0.4 is 20.7 Å². The number of hydrogen-bond acceptors (Lipinski definition) is 6. The zero-order valence-corrected chi connectivity index (χ0v) is 17.7. The van der Waals surface area contributed by atoms with Gasteiger partial charge in [0.15, 0.2) is 11.6 Å². The highest BCUT2D eigenvalue weighted by atomic mass is 16.5. The van der Waals surface area contributed by atoms with Crippen LogP contribution in [0.2, 0.25) is 0 Å². The fraction of sp³-hybridized carbons (Fsp3) is 0.250. The standard InChI is InChI=1S/C13H13N3O2.C11H15NO/c14-13-12(5-2-6-15-13)18-8-10-3-1-4-11(7-10)16-9-17;1-10-4-2-3-5-11(10)12-6-8-13-9-7-12/h1-7,9H,8H2,(H2,14,15)(H,16,17);2-5H,6-9H2,1H3. The van der Waals surface area contributed by atoms with Crippen molar-refractivity contribution in [1.29, 1.82) is 0 Å². The number of nitrogen functional groups attached to an aromatic ring is 1. The van der Waals surface area contributed by atoms with Gasteiger partial charge in [-0.2, -0.15) is 0 Å². The fourth-order valence-electron chi connectivity index (χ4n) is 3.23. The third-order valence-corrected chi connectivity index (χ3v) is 4.81. The number of anilines is 3. The van der Waals surface area contributed by atoms with Gasteiger partial charge in [-0.3, -0.25) is 4.79 Å². The highest BCUT2D eigenvalue weighted by molar-refractivity contribution is 5.71. The first-order valence-corrected chi connectivity index (χ1v) is 10.2. The van der Waals surface area contributed by atoms with Crippen molar-refractivity contribution in [1.82, 2.24) is 4.98 Å². The van der Waals surface area contributed by atoms with Gasteiger partial charge in [0.05, 0.1) is 13.2 Å². The predicted molar refractivity (Wildman–Crippen MR) is 123 cm³/mol. The van der Waals surface area contributed by atoms with E-state index in [4.69, 9.17) is 15.2 Å². The molecule has 31 heavy (non-hydrogen) atoms. The maximum atomic E-state index is 10.3. The predicted octanol–water partition coefficient (Wildman–Crippen LogP) is 3.64. The number of pyridine rings is 1. The monoisotopic (exact) mass is 420 g/mol. The topological polar surface area (TPSA) is 89.7 Å². The van der Waals surface area contributed by atoms with E-state index in [1.54, 1.807) is 24.4 Å². The van der Waals surface area contributed by atoms with Gasteiger partial charge >= 0.3 is 0 Å². The molecule has 2 heterocycles. The summed E-state index contributed by atoms with van der Waals surface area (Å²) in [5, 5.41) is 2.58. The number of ether oxygens (including phenoxy) is 2. The summed E-state index contributed by atoms with van der Waals surface area (Å²) < 4.78 is 10.9. The molecule has 0 unspecified atom stereocenters. The number of hydrogen-bond donors (Lipinski definition) is 2. The van der Waals surface area contributed by atoms with E-state index in [0.717, 1.165) is 37.6 Å². The van der Waals surface area contributed by atoms with Gasteiger partial charge in [0, 0.05) is 30.7 Å². The molecule has 2 aromatic carbocycles. The van der Waals surface area contributed by atoms with Crippen LogP contribution in [0.25, 0.3) is 0 Å². The Bertz CT molecular complexity index is 974. The van der Waals surface area contributed by atoms with Gasteiger partial charge in [-0.1, -0.05) is 30.3 Å². The average Bonchev–Trinajstić information content (AvgIpc) is 2.80. The highest BCUT2D eigenvalue weighted by Crippen LogP contribution is 2.20. The molecule has 1 aliphatic heterocycles. The number of rotatable bonds is 6. The number of morpholine rings is 1. The number of carbonyl (C=O) groups is 1. The van der Waals surface area contributed by atoms with E-state index in [0.29, 0.717) is 24.6 Å². The summed E-state index contributed by atoms with van der Waals surface area (Å²) in [7, 11) is 0. The summed E-state index contributed by atoms with van der Waals surface area (Å²) in [6.45, 7) is 6.27. The van der Waals surface area contributed by atoms with Crippen molar-refractivity contribution in [2.75, 3.05) is 42.3 Å². The van der Waals surface area contributed by atoms with E-state index in [1.807, 2.05) is 18.2 Å². The Labute approximate surface area is 182 Å². The molecule has 0 saturated carbocycles. The van der Waals surface area contributed by atoms with E-state index < -0.39 is 0 Å². The van der Waals surface area contributed by atoms with Crippen molar-refractivity contribution in [3.63, 3.8) is 0 Å². The molecule has 4 rings (SSSR count). The molecule has 1 aliphatic rings. The molecule has 162 valence electrons. The molecule has 7 heteroatoms. The van der Waals surface area contributed by atoms with Crippen molar-refractivity contribution >= 4 is 23.6 Å². The smallest absolute Gasteiger partial charge is 0.211 e. The van der Waals surface area contributed by atoms with Crippen molar-refractivity contribution < 1.29 is 14.3 Å². The van der Waals surface area contributed by atoms with Crippen molar-refractivity contribution in [2.45, 2.75) is 13.5 Å². The molecule has 0 radical (unpaired) electrons. The number of benzene rings is 2. The van der Waals surface area contributed by atoms with Gasteiger partial charge in [0.25, 0.3) is 0 Å². The maximum Gasteiger partial charge on any atom is 0.211 e. The van der Waals surface area contributed by atoms with Crippen LogP contribution in [-0.4, -0.2) is 37.7 Å². The summed E-state index contributed by atoms with van der Waals surface area (Å²) in [5.74, 6) is 0.908. The Morgan fingerprint density at radius 2 is 1.94 bits per heavy atom. The molecule has 1 fully saturated rings. The number of nitrogens with two attached hydrogens (primary N) is 1. The van der Waals surface area contributed by atoms with Crippen LogP contribution in [0.1, 0.15) is 11.1 Å². The van der Waals surface area contributed by atoms with Crippen LogP contribution >= 0.6 is 0 Å². The van der Waals surface area contributed by atoms with Gasteiger partial charge in [0.1, 0.15) is 6.61 Å². The van der Waals surface area contributed by atoms with E-state index in [1.165, 1.54) is 11.3 Å². The summed E-state index contributed by atoms with van der Waals surface area (Å²) >= 11 is 0. The number of para-hydroxylation sites is 1. The Hall–Kier alpha value is -3.58. The molecule has 7 nitrogen and oxygen atoms in total. The summed E-state index contributed by atoms with van der Waals surface area (Å²) in [6, 6.07) is 19.4. The molecule has 0 spiro atoms. The zero-order chi connectivity index (χ0) is 21.9. The molecule has 0 aliphatic carbocycles. The van der Waals surface area contributed by atoms with Crippen LogP contribution in [0.5, 0.6) is 5.75 Å². The lowest BCUT2D eigenvalue weighted by atomic mass is 10.2. The normalized spacial score (nSPS) is 13.0. The second kappa shape index (κ2) is 11.6. The molecule has 1 amide bonds.